The van der Waals surface area contributed by atoms with E-state index in [-0.39, 0.29) is 12.0 Å². The van der Waals surface area contributed by atoms with Gasteiger partial charge in [-0.1, -0.05) is 23.7 Å². The molecule has 2 rings (SSSR count). The van der Waals surface area contributed by atoms with Crippen molar-refractivity contribution in [1.29, 1.82) is 0 Å². The molecule has 1 N–H and O–H groups in total. The standard InChI is InChI=1S/C16H22ClNO2/c1-3-20-16(19)10-14(18-13-5-6-13)9-12-4-7-15(17)11(2)8-12/h4,7-8,13-14,18H,3,5-6,9-10H2,1-2H3. The highest BCUT2D eigenvalue weighted by Crippen LogP contribution is 2.22. The van der Waals surface area contributed by atoms with Crippen LogP contribution in [0.1, 0.15) is 37.3 Å². The largest absolute Gasteiger partial charge is 0.466 e. The number of esters is 1. The molecule has 1 aliphatic carbocycles. The van der Waals surface area contributed by atoms with Crippen LogP contribution in [0.2, 0.25) is 5.02 Å². The number of hydrogen-bond donors (Lipinski definition) is 1. The molecule has 1 aromatic carbocycles. The second-order valence-electron chi connectivity index (χ2n) is 5.43. The lowest BCUT2D eigenvalue weighted by molar-refractivity contribution is -0.143. The normalized spacial score (nSPS) is 15.9. The Balaban J connectivity index is 1.98. The second kappa shape index (κ2) is 7.09. The fourth-order valence-electron chi connectivity index (χ4n) is 2.31. The molecule has 1 saturated carbocycles. The molecule has 0 spiro atoms. The topological polar surface area (TPSA) is 38.3 Å². The van der Waals surface area contributed by atoms with Crippen LogP contribution >= 0.6 is 11.6 Å². The molecule has 1 fully saturated rings. The van der Waals surface area contributed by atoms with Gasteiger partial charge in [0.25, 0.3) is 0 Å². The zero-order valence-electron chi connectivity index (χ0n) is 12.1. The summed E-state index contributed by atoms with van der Waals surface area (Å²) in [5.74, 6) is -0.128. The molecule has 0 amide bonds. The Morgan fingerprint density at radius 3 is 2.85 bits per heavy atom. The van der Waals surface area contributed by atoms with Crippen LogP contribution in [0.5, 0.6) is 0 Å². The third-order valence-electron chi connectivity index (χ3n) is 3.47. The number of halogens is 1. The number of rotatable bonds is 7. The molecular formula is C16H22ClNO2. The Bertz CT molecular complexity index is 472. The maximum Gasteiger partial charge on any atom is 0.307 e. The van der Waals surface area contributed by atoms with Crippen LogP contribution < -0.4 is 5.32 Å². The summed E-state index contributed by atoms with van der Waals surface area (Å²) in [5, 5.41) is 4.31. The fourth-order valence-corrected chi connectivity index (χ4v) is 2.43. The van der Waals surface area contributed by atoms with Gasteiger partial charge in [0.1, 0.15) is 0 Å². The van der Waals surface area contributed by atoms with Crippen LogP contribution in [-0.2, 0) is 16.0 Å². The number of carbonyl (C=O) groups is 1. The smallest absolute Gasteiger partial charge is 0.307 e. The summed E-state index contributed by atoms with van der Waals surface area (Å²) in [6.45, 7) is 4.28. The lowest BCUT2D eigenvalue weighted by Gasteiger charge is -2.18. The highest BCUT2D eigenvalue weighted by molar-refractivity contribution is 6.31. The summed E-state index contributed by atoms with van der Waals surface area (Å²) in [5.41, 5.74) is 2.28. The number of nitrogens with one attached hydrogen (secondary N) is 1. The first-order valence-corrected chi connectivity index (χ1v) is 7.63. The number of benzene rings is 1. The molecule has 0 radical (unpaired) electrons. The van der Waals surface area contributed by atoms with Crippen LogP contribution in [0.3, 0.4) is 0 Å². The average Bonchev–Trinajstić information content (AvgIpc) is 3.18. The van der Waals surface area contributed by atoms with Crippen molar-refractivity contribution in [3.05, 3.63) is 34.3 Å². The van der Waals surface area contributed by atoms with E-state index in [9.17, 15) is 4.79 Å². The number of carbonyl (C=O) groups excluding carboxylic acids is 1. The summed E-state index contributed by atoms with van der Waals surface area (Å²) in [6, 6.07) is 6.76. The molecule has 4 heteroatoms. The van der Waals surface area contributed by atoms with Gasteiger partial charge in [-0.25, -0.2) is 0 Å². The minimum absolute atomic E-state index is 0.128. The Labute approximate surface area is 125 Å². The van der Waals surface area contributed by atoms with Gasteiger partial charge >= 0.3 is 5.97 Å². The minimum Gasteiger partial charge on any atom is -0.466 e. The number of ether oxygens (including phenoxy) is 1. The van der Waals surface area contributed by atoms with Gasteiger partial charge in [0.15, 0.2) is 0 Å². The van der Waals surface area contributed by atoms with Crippen LogP contribution in [0.25, 0.3) is 0 Å². The van der Waals surface area contributed by atoms with Crippen LogP contribution in [0.15, 0.2) is 18.2 Å². The monoisotopic (exact) mass is 295 g/mol. The summed E-state index contributed by atoms with van der Waals surface area (Å²) in [6.07, 6.45) is 3.66. The molecule has 3 nitrogen and oxygen atoms in total. The van der Waals surface area contributed by atoms with Gasteiger partial charge in [0.05, 0.1) is 13.0 Å². The van der Waals surface area contributed by atoms with Gasteiger partial charge in [-0.15, -0.1) is 0 Å². The predicted molar refractivity (Wildman–Crippen MR) is 81.1 cm³/mol. The van der Waals surface area contributed by atoms with Crippen LogP contribution in [0.4, 0.5) is 0 Å². The molecule has 110 valence electrons. The van der Waals surface area contributed by atoms with Crippen molar-refractivity contribution >= 4 is 17.6 Å². The zero-order chi connectivity index (χ0) is 14.5. The third-order valence-corrected chi connectivity index (χ3v) is 3.90. The second-order valence-corrected chi connectivity index (χ2v) is 5.84. The van der Waals surface area contributed by atoms with Crippen molar-refractivity contribution in [2.75, 3.05) is 6.61 Å². The molecule has 20 heavy (non-hydrogen) atoms. The van der Waals surface area contributed by atoms with E-state index in [2.05, 4.69) is 11.4 Å². The van der Waals surface area contributed by atoms with Gasteiger partial charge in [0.2, 0.25) is 0 Å². The summed E-state index contributed by atoms with van der Waals surface area (Å²) in [4.78, 5) is 11.7. The molecule has 1 atom stereocenters. The van der Waals surface area contributed by atoms with Crippen molar-refractivity contribution in [3.63, 3.8) is 0 Å². The maximum atomic E-state index is 11.7. The van der Waals surface area contributed by atoms with E-state index in [1.54, 1.807) is 0 Å². The third kappa shape index (κ3) is 4.80. The van der Waals surface area contributed by atoms with Crippen molar-refractivity contribution < 1.29 is 9.53 Å². The van der Waals surface area contributed by atoms with Gasteiger partial charge < -0.3 is 10.1 Å². The van der Waals surface area contributed by atoms with E-state index < -0.39 is 0 Å². The van der Waals surface area contributed by atoms with E-state index in [0.717, 1.165) is 17.0 Å². The first-order chi connectivity index (χ1) is 9.58. The zero-order valence-corrected chi connectivity index (χ0v) is 12.9. The van der Waals surface area contributed by atoms with E-state index >= 15 is 0 Å². The Hall–Kier alpha value is -1.06. The van der Waals surface area contributed by atoms with E-state index in [1.807, 2.05) is 26.0 Å². The van der Waals surface area contributed by atoms with Crippen molar-refractivity contribution in [3.8, 4) is 0 Å². The predicted octanol–water partition coefficient (Wildman–Crippen LogP) is 3.26. The first kappa shape index (κ1) is 15.3. The minimum atomic E-state index is -0.128. The number of aryl methyl sites for hydroxylation is 1. The number of hydrogen-bond acceptors (Lipinski definition) is 3. The quantitative estimate of drug-likeness (QED) is 0.785. The first-order valence-electron chi connectivity index (χ1n) is 7.25. The van der Waals surface area contributed by atoms with Gasteiger partial charge in [-0.3, -0.25) is 4.79 Å². The lowest BCUT2D eigenvalue weighted by Crippen LogP contribution is -2.35. The summed E-state index contributed by atoms with van der Waals surface area (Å²) in [7, 11) is 0. The molecule has 0 aromatic heterocycles. The van der Waals surface area contributed by atoms with Crippen LogP contribution in [-0.4, -0.2) is 24.7 Å². The van der Waals surface area contributed by atoms with Crippen molar-refractivity contribution in [1.82, 2.24) is 5.32 Å². The molecule has 1 aliphatic rings. The van der Waals surface area contributed by atoms with E-state index in [1.165, 1.54) is 18.4 Å². The molecular weight excluding hydrogens is 274 g/mol. The maximum absolute atomic E-state index is 11.7. The van der Waals surface area contributed by atoms with E-state index in [0.29, 0.717) is 19.1 Å². The Morgan fingerprint density at radius 2 is 2.25 bits per heavy atom. The highest BCUT2D eigenvalue weighted by Gasteiger charge is 2.26. The molecule has 0 heterocycles. The molecule has 0 bridgehead atoms. The summed E-state index contributed by atoms with van der Waals surface area (Å²) < 4.78 is 5.05. The van der Waals surface area contributed by atoms with Crippen LogP contribution in [0, 0.1) is 6.92 Å². The average molecular weight is 296 g/mol. The van der Waals surface area contributed by atoms with E-state index in [4.69, 9.17) is 16.3 Å². The van der Waals surface area contributed by atoms with Crippen molar-refractivity contribution in [2.24, 2.45) is 0 Å². The highest BCUT2D eigenvalue weighted by atomic mass is 35.5. The molecule has 0 saturated heterocycles. The van der Waals surface area contributed by atoms with Gasteiger partial charge in [-0.2, -0.15) is 0 Å². The summed E-state index contributed by atoms with van der Waals surface area (Å²) >= 11 is 6.05. The molecule has 0 aliphatic heterocycles. The van der Waals surface area contributed by atoms with Gasteiger partial charge in [0, 0.05) is 17.1 Å². The van der Waals surface area contributed by atoms with Gasteiger partial charge in [-0.05, 0) is 50.3 Å². The molecule has 1 aromatic rings. The fraction of sp³-hybridized carbons (Fsp3) is 0.562. The SMILES string of the molecule is CCOC(=O)CC(Cc1ccc(Cl)c(C)c1)NC1CC1. The Kier molecular flexibility index (Phi) is 5.44. The van der Waals surface area contributed by atoms with Crippen molar-refractivity contribution in [2.45, 2.75) is 51.6 Å². The lowest BCUT2D eigenvalue weighted by atomic mass is 10.0. The molecule has 1 unspecified atom stereocenters. The Morgan fingerprint density at radius 1 is 1.50 bits per heavy atom.